The third-order valence-corrected chi connectivity index (χ3v) is 5.17. The molecule has 2 aromatic carbocycles. The highest BCUT2D eigenvalue weighted by Crippen LogP contribution is 2.38. The van der Waals surface area contributed by atoms with E-state index in [0.717, 1.165) is 11.3 Å². The highest BCUT2D eigenvalue weighted by Gasteiger charge is 2.25. The normalized spacial score (nSPS) is 16.6. The van der Waals surface area contributed by atoms with Crippen LogP contribution in [-0.2, 0) is 15.9 Å². The largest absolute Gasteiger partial charge is 0.352 e. The predicted octanol–water partition coefficient (Wildman–Crippen LogP) is 4.41. The first-order valence-corrected chi connectivity index (χ1v) is 8.16. The van der Waals surface area contributed by atoms with Gasteiger partial charge in [0.15, 0.2) is 6.29 Å². The smallest absolute Gasteiger partial charge is 0.183 e. The fourth-order valence-electron chi connectivity index (χ4n) is 2.80. The van der Waals surface area contributed by atoms with Gasteiger partial charge in [-0.15, -0.1) is 11.8 Å². The highest BCUT2D eigenvalue weighted by molar-refractivity contribution is 7.99. The molecular weight excluding hydrogens is 280 g/mol. The number of ether oxygens (including phenoxy) is 2. The lowest BCUT2D eigenvalue weighted by molar-refractivity contribution is -0.106. The van der Waals surface area contributed by atoms with Gasteiger partial charge in [-0.3, -0.25) is 0 Å². The molecule has 3 rings (SSSR count). The first-order chi connectivity index (χ1) is 10.3. The van der Waals surface area contributed by atoms with Crippen molar-refractivity contribution in [2.75, 3.05) is 20.0 Å². The molecule has 110 valence electrons. The molecular formula is C18H20O2S. The second-order valence-electron chi connectivity index (χ2n) is 5.28. The Morgan fingerprint density at radius 3 is 2.43 bits per heavy atom. The molecule has 0 spiro atoms. The van der Waals surface area contributed by atoms with Gasteiger partial charge in [0.2, 0.25) is 0 Å². The molecule has 3 heteroatoms. The third-order valence-electron chi connectivity index (χ3n) is 3.99. The second-order valence-corrected chi connectivity index (χ2v) is 6.38. The fourth-order valence-corrected chi connectivity index (χ4v) is 3.82. The maximum absolute atomic E-state index is 5.26. The van der Waals surface area contributed by atoms with Crippen molar-refractivity contribution in [3.8, 4) is 0 Å². The molecule has 2 aromatic rings. The topological polar surface area (TPSA) is 18.5 Å². The molecule has 0 radical (unpaired) electrons. The van der Waals surface area contributed by atoms with E-state index in [1.54, 1.807) is 14.2 Å². The summed E-state index contributed by atoms with van der Waals surface area (Å²) in [6.45, 7) is 0. The molecule has 0 N–H and O–H groups in total. The Labute approximate surface area is 130 Å². The summed E-state index contributed by atoms with van der Waals surface area (Å²) in [6, 6.07) is 17.2. The van der Waals surface area contributed by atoms with E-state index in [1.165, 1.54) is 22.4 Å². The van der Waals surface area contributed by atoms with Gasteiger partial charge in [-0.25, -0.2) is 0 Å². The quantitative estimate of drug-likeness (QED) is 0.581. The van der Waals surface area contributed by atoms with Crippen LogP contribution in [0.4, 0.5) is 0 Å². The van der Waals surface area contributed by atoms with Crippen LogP contribution >= 0.6 is 11.8 Å². The summed E-state index contributed by atoms with van der Waals surface area (Å²) >= 11 is 1.92. The van der Waals surface area contributed by atoms with Gasteiger partial charge in [-0.05, 0) is 35.6 Å². The summed E-state index contributed by atoms with van der Waals surface area (Å²) in [7, 11) is 3.32. The minimum absolute atomic E-state index is 0.275. The number of benzene rings is 2. The van der Waals surface area contributed by atoms with Crippen molar-refractivity contribution in [3.63, 3.8) is 0 Å². The lowest BCUT2D eigenvalue weighted by Crippen LogP contribution is -2.18. The Morgan fingerprint density at radius 1 is 1.05 bits per heavy atom. The van der Waals surface area contributed by atoms with Crippen LogP contribution in [0.1, 0.15) is 28.9 Å². The van der Waals surface area contributed by atoms with Gasteiger partial charge in [0.05, 0.1) is 0 Å². The minimum atomic E-state index is -0.275. The number of thioether (sulfide) groups is 1. The van der Waals surface area contributed by atoms with Crippen LogP contribution in [0.2, 0.25) is 0 Å². The van der Waals surface area contributed by atoms with Gasteiger partial charge in [0.1, 0.15) is 0 Å². The molecule has 2 nitrogen and oxygen atoms in total. The summed E-state index contributed by atoms with van der Waals surface area (Å²) in [5.74, 6) is 1.85. The molecule has 0 amide bonds. The molecule has 1 aliphatic rings. The van der Waals surface area contributed by atoms with Crippen molar-refractivity contribution >= 4 is 11.8 Å². The number of fused-ring (bicyclic) bond motifs is 1. The predicted molar refractivity (Wildman–Crippen MR) is 86.8 cm³/mol. The summed E-state index contributed by atoms with van der Waals surface area (Å²) in [5, 5.41) is 0. The van der Waals surface area contributed by atoms with Crippen molar-refractivity contribution in [2.24, 2.45) is 0 Å². The molecule has 0 aromatic heterocycles. The van der Waals surface area contributed by atoms with Gasteiger partial charge in [-0.2, -0.15) is 0 Å². The van der Waals surface area contributed by atoms with E-state index in [4.69, 9.17) is 9.47 Å². The minimum Gasteiger partial charge on any atom is -0.352 e. The van der Waals surface area contributed by atoms with Crippen molar-refractivity contribution in [1.29, 1.82) is 0 Å². The van der Waals surface area contributed by atoms with Gasteiger partial charge in [0, 0.05) is 30.4 Å². The van der Waals surface area contributed by atoms with Crippen LogP contribution in [-0.4, -0.2) is 20.0 Å². The summed E-state index contributed by atoms with van der Waals surface area (Å²) < 4.78 is 10.5. The van der Waals surface area contributed by atoms with Crippen molar-refractivity contribution in [3.05, 3.63) is 65.2 Å². The summed E-state index contributed by atoms with van der Waals surface area (Å²) in [5.41, 5.74) is 4.10. The van der Waals surface area contributed by atoms with E-state index in [9.17, 15) is 0 Å². The average Bonchev–Trinajstić information content (AvgIpc) is 2.51. The summed E-state index contributed by atoms with van der Waals surface area (Å²) in [4.78, 5) is 1.30. The van der Waals surface area contributed by atoms with Crippen LogP contribution in [0.5, 0.6) is 0 Å². The van der Waals surface area contributed by atoms with E-state index in [1.807, 2.05) is 11.8 Å². The van der Waals surface area contributed by atoms with Gasteiger partial charge < -0.3 is 9.47 Å². The van der Waals surface area contributed by atoms with Crippen LogP contribution in [0.15, 0.2) is 53.4 Å². The van der Waals surface area contributed by atoms with Crippen molar-refractivity contribution in [2.45, 2.75) is 23.5 Å². The molecule has 1 atom stereocenters. The molecule has 0 fully saturated rings. The Bertz CT molecular complexity index is 590. The average molecular weight is 300 g/mol. The van der Waals surface area contributed by atoms with E-state index in [-0.39, 0.29) is 6.29 Å². The monoisotopic (exact) mass is 300 g/mol. The van der Waals surface area contributed by atoms with E-state index in [2.05, 4.69) is 48.5 Å². The van der Waals surface area contributed by atoms with E-state index in [0.29, 0.717) is 5.92 Å². The van der Waals surface area contributed by atoms with Gasteiger partial charge in [-0.1, -0.05) is 36.4 Å². The Hall–Kier alpha value is -1.29. The molecule has 0 saturated heterocycles. The van der Waals surface area contributed by atoms with Gasteiger partial charge >= 0.3 is 0 Å². The molecule has 0 saturated carbocycles. The van der Waals surface area contributed by atoms with E-state index >= 15 is 0 Å². The lowest BCUT2D eigenvalue weighted by Gasteiger charge is -2.29. The van der Waals surface area contributed by atoms with Crippen LogP contribution in [0.25, 0.3) is 0 Å². The Balaban J connectivity index is 1.57. The van der Waals surface area contributed by atoms with Crippen LogP contribution < -0.4 is 0 Å². The molecule has 1 aliphatic carbocycles. The zero-order chi connectivity index (χ0) is 14.7. The number of rotatable bonds is 6. The number of hydrogen-bond acceptors (Lipinski definition) is 3. The summed E-state index contributed by atoms with van der Waals surface area (Å²) in [6.07, 6.45) is 0.944. The maximum atomic E-state index is 5.26. The molecule has 0 aliphatic heterocycles. The Morgan fingerprint density at radius 2 is 1.76 bits per heavy atom. The third kappa shape index (κ3) is 3.15. The molecule has 1 unspecified atom stereocenters. The van der Waals surface area contributed by atoms with E-state index < -0.39 is 0 Å². The van der Waals surface area contributed by atoms with Crippen molar-refractivity contribution < 1.29 is 9.47 Å². The molecule has 21 heavy (non-hydrogen) atoms. The molecule has 0 heterocycles. The molecule has 0 bridgehead atoms. The Kier molecular flexibility index (Phi) is 4.63. The zero-order valence-corrected chi connectivity index (χ0v) is 13.2. The first-order valence-electron chi connectivity index (χ1n) is 7.18. The zero-order valence-electron chi connectivity index (χ0n) is 12.4. The van der Waals surface area contributed by atoms with Gasteiger partial charge in [0.25, 0.3) is 0 Å². The highest BCUT2D eigenvalue weighted by atomic mass is 32.2. The van der Waals surface area contributed by atoms with Crippen LogP contribution in [0, 0.1) is 0 Å². The first kappa shape index (κ1) is 14.6. The second kappa shape index (κ2) is 6.65. The standard InChI is InChI=1S/C18H20O2S/c1-19-18(20-2)13-7-9-16(10-8-13)21-12-15-11-14-5-3-4-6-17(14)15/h3-10,15,18H,11-12H2,1-2H3. The fraction of sp³-hybridized carbons (Fsp3) is 0.333. The maximum Gasteiger partial charge on any atom is 0.183 e. The van der Waals surface area contributed by atoms with Crippen LogP contribution in [0.3, 0.4) is 0 Å². The SMILES string of the molecule is COC(OC)c1ccc(SCC2Cc3ccccc32)cc1. The number of methoxy groups -OCH3 is 2. The van der Waals surface area contributed by atoms with Crippen molar-refractivity contribution in [1.82, 2.24) is 0 Å². The lowest BCUT2D eigenvalue weighted by atomic mass is 9.79. The number of hydrogen-bond donors (Lipinski definition) is 0.